The Hall–Kier alpha value is -1.66. The van der Waals surface area contributed by atoms with Gasteiger partial charge in [-0.15, -0.1) is 0 Å². The lowest BCUT2D eigenvalue weighted by Crippen LogP contribution is -2.47. The first-order valence-corrected chi connectivity index (χ1v) is 7.16. The van der Waals surface area contributed by atoms with Crippen LogP contribution in [0.5, 0.6) is 5.75 Å². The van der Waals surface area contributed by atoms with Crippen molar-refractivity contribution in [1.29, 1.82) is 0 Å². The molecule has 0 aromatic carbocycles. The van der Waals surface area contributed by atoms with E-state index in [2.05, 4.69) is 23.7 Å². The molecule has 21 heavy (non-hydrogen) atoms. The Morgan fingerprint density at radius 2 is 2.33 bits per heavy atom. The zero-order valence-corrected chi connectivity index (χ0v) is 12.7. The SMILES string of the molecule is Cc1ccc(OCC2CN(C(C)C)CCO2)c(C(=O)O)n1. The molecule has 116 valence electrons. The molecule has 2 rings (SSSR count). The van der Waals surface area contributed by atoms with Gasteiger partial charge in [0.15, 0.2) is 11.4 Å². The van der Waals surface area contributed by atoms with Gasteiger partial charge in [-0.3, -0.25) is 4.90 Å². The Bertz CT molecular complexity index is 504. The van der Waals surface area contributed by atoms with E-state index in [1.807, 2.05) is 0 Å². The first kappa shape index (κ1) is 15.7. The van der Waals surface area contributed by atoms with Crippen molar-refractivity contribution in [3.63, 3.8) is 0 Å². The quantitative estimate of drug-likeness (QED) is 0.889. The summed E-state index contributed by atoms with van der Waals surface area (Å²) < 4.78 is 11.3. The molecule has 2 heterocycles. The van der Waals surface area contributed by atoms with Gasteiger partial charge in [0.2, 0.25) is 0 Å². The van der Waals surface area contributed by atoms with Crippen molar-refractivity contribution in [1.82, 2.24) is 9.88 Å². The maximum Gasteiger partial charge on any atom is 0.358 e. The highest BCUT2D eigenvalue weighted by Crippen LogP contribution is 2.18. The number of carboxylic acids is 1. The van der Waals surface area contributed by atoms with E-state index in [-0.39, 0.29) is 11.8 Å². The van der Waals surface area contributed by atoms with Gasteiger partial charge in [-0.2, -0.15) is 0 Å². The van der Waals surface area contributed by atoms with Crippen molar-refractivity contribution in [2.75, 3.05) is 26.3 Å². The molecule has 0 amide bonds. The molecule has 6 nitrogen and oxygen atoms in total. The molecule has 6 heteroatoms. The number of carbonyl (C=O) groups is 1. The zero-order chi connectivity index (χ0) is 15.4. The Morgan fingerprint density at radius 1 is 1.57 bits per heavy atom. The molecule has 1 fully saturated rings. The molecule has 1 aromatic heterocycles. The van der Waals surface area contributed by atoms with Crippen LogP contribution in [0, 0.1) is 6.92 Å². The molecular weight excluding hydrogens is 272 g/mol. The number of aromatic nitrogens is 1. The maximum absolute atomic E-state index is 11.2. The minimum absolute atomic E-state index is 0.0495. The van der Waals surface area contributed by atoms with Crippen molar-refractivity contribution in [3.8, 4) is 5.75 Å². The number of hydrogen-bond acceptors (Lipinski definition) is 5. The van der Waals surface area contributed by atoms with Crippen LogP contribution in [0.2, 0.25) is 0 Å². The zero-order valence-electron chi connectivity index (χ0n) is 12.7. The third-order valence-corrected chi connectivity index (χ3v) is 3.53. The summed E-state index contributed by atoms with van der Waals surface area (Å²) in [6.45, 7) is 8.75. The highest BCUT2D eigenvalue weighted by atomic mass is 16.5. The summed E-state index contributed by atoms with van der Waals surface area (Å²) in [5, 5.41) is 9.16. The number of rotatable bonds is 5. The van der Waals surface area contributed by atoms with Gasteiger partial charge in [0.05, 0.1) is 6.61 Å². The number of aryl methyl sites for hydroxylation is 1. The van der Waals surface area contributed by atoms with Crippen molar-refractivity contribution in [3.05, 3.63) is 23.5 Å². The van der Waals surface area contributed by atoms with Crippen LogP contribution < -0.4 is 4.74 Å². The second-order valence-corrected chi connectivity index (χ2v) is 5.50. The van der Waals surface area contributed by atoms with Crippen LogP contribution in [-0.4, -0.2) is 59.4 Å². The summed E-state index contributed by atoms with van der Waals surface area (Å²) >= 11 is 0. The minimum Gasteiger partial charge on any atom is -0.488 e. The van der Waals surface area contributed by atoms with Crippen LogP contribution in [0.25, 0.3) is 0 Å². The highest BCUT2D eigenvalue weighted by Gasteiger charge is 2.23. The van der Waals surface area contributed by atoms with Crippen LogP contribution in [0.3, 0.4) is 0 Å². The van der Waals surface area contributed by atoms with Gasteiger partial charge in [-0.25, -0.2) is 9.78 Å². The van der Waals surface area contributed by atoms with Gasteiger partial charge >= 0.3 is 5.97 Å². The average Bonchev–Trinajstić information content (AvgIpc) is 2.46. The fourth-order valence-electron chi connectivity index (χ4n) is 2.31. The summed E-state index contributed by atoms with van der Waals surface area (Å²) in [6, 6.07) is 3.85. The Kier molecular flexibility index (Phi) is 5.14. The Labute approximate surface area is 124 Å². The van der Waals surface area contributed by atoms with Gasteiger partial charge in [0.25, 0.3) is 0 Å². The summed E-state index contributed by atoms with van der Waals surface area (Å²) in [4.78, 5) is 17.5. The number of carboxylic acid groups (broad SMARTS) is 1. The van der Waals surface area contributed by atoms with E-state index in [1.165, 1.54) is 0 Å². The Morgan fingerprint density at radius 3 is 3.00 bits per heavy atom. The third-order valence-electron chi connectivity index (χ3n) is 3.53. The molecule has 1 N–H and O–H groups in total. The molecule has 1 atom stereocenters. The average molecular weight is 294 g/mol. The van der Waals surface area contributed by atoms with Crippen LogP contribution >= 0.6 is 0 Å². The predicted octanol–water partition coefficient (Wildman–Crippen LogP) is 1.58. The molecular formula is C15H22N2O4. The summed E-state index contributed by atoms with van der Waals surface area (Å²) in [5.74, 6) is -0.791. The second-order valence-electron chi connectivity index (χ2n) is 5.50. The fourth-order valence-corrected chi connectivity index (χ4v) is 2.31. The van der Waals surface area contributed by atoms with E-state index in [1.54, 1.807) is 19.1 Å². The Balaban J connectivity index is 1.98. The molecule has 1 aliphatic rings. The molecule has 1 unspecified atom stereocenters. The number of aromatic carboxylic acids is 1. The van der Waals surface area contributed by atoms with Gasteiger partial charge in [0.1, 0.15) is 12.7 Å². The van der Waals surface area contributed by atoms with Crippen molar-refractivity contribution >= 4 is 5.97 Å². The monoisotopic (exact) mass is 294 g/mol. The van der Waals surface area contributed by atoms with E-state index in [4.69, 9.17) is 14.6 Å². The van der Waals surface area contributed by atoms with E-state index < -0.39 is 5.97 Å². The normalized spacial score (nSPS) is 19.7. The first-order valence-electron chi connectivity index (χ1n) is 7.16. The summed E-state index contributed by atoms with van der Waals surface area (Å²) in [7, 11) is 0. The predicted molar refractivity (Wildman–Crippen MR) is 77.9 cm³/mol. The molecule has 0 aliphatic carbocycles. The second kappa shape index (κ2) is 6.87. The van der Waals surface area contributed by atoms with Crippen LogP contribution in [0.1, 0.15) is 30.0 Å². The maximum atomic E-state index is 11.2. The van der Waals surface area contributed by atoms with Crippen molar-refractivity contribution < 1.29 is 19.4 Å². The molecule has 0 bridgehead atoms. The van der Waals surface area contributed by atoms with Crippen molar-refractivity contribution in [2.45, 2.75) is 32.9 Å². The standard InChI is InChI=1S/C15H22N2O4/c1-10(2)17-6-7-20-12(8-17)9-21-13-5-4-11(3)16-14(13)15(18)19/h4-5,10,12H,6-9H2,1-3H3,(H,18,19). The molecule has 0 spiro atoms. The van der Waals surface area contributed by atoms with Crippen LogP contribution in [-0.2, 0) is 4.74 Å². The molecule has 1 aromatic rings. The van der Waals surface area contributed by atoms with Crippen LogP contribution in [0.4, 0.5) is 0 Å². The molecule has 1 saturated heterocycles. The fraction of sp³-hybridized carbons (Fsp3) is 0.600. The van der Waals surface area contributed by atoms with Gasteiger partial charge < -0.3 is 14.6 Å². The van der Waals surface area contributed by atoms with Gasteiger partial charge in [-0.05, 0) is 32.9 Å². The third kappa shape index (κ3) is 4.15. The minimum atomic E-state index is -1.08. The topological polar surface area (TPSA) is 71.9 Å². The van der Waals surface area contributed by atoms with E-state index >= 15 is 0 Å². The lowest BCUT2D eigenvalue weighted by molar-refractivity contribution is -0.0566. The van der Waals surface area contributed by atoms with Crippen molar-refractivity contribution in [2.24, 2.45) is 0 Å². The highest BCUT2D eigenvalue weighted by molar-refractivity contribution is 5.88. The number of morpholine rings is 1. The van der Waals surface area contributed by atoms with E-state index in [0.717, 1.165) is 13.1 Å². The summed E-state index contributed by atoms with van der Waals surface area (Å²) in [6.07, 6.45) is -0.0518. The lowest BCUT2D eigenvalue weighted by atomic mass is 10.2. The van der Waals surface area contributed by atoms with Crippen LogP contribution in [0.15, 0.2) is 12.1 Å². The lowest BCUT2D eigenvalue weighted by Gasteiger charge is -2.35. The van der Waals surface area contributed by atoms with Gasteiger partial charge in [0, 0.05) is 24.8 Å². The number of ether oxygens (including phenoxy) is 2. The number of hydrogen-bond donors (Lipinski definition) is 1. The summed E-state index contributed by atoms with van der Waals surface area (Å²) in [5.41, 5.74) is 0.603. The smallest absolute Gasteiger partial charge is 0.358 e. The number of pyridine rings is 1. The number of nitrogens with zero attached hydrogens (tertiary/aromatic N) is 2. The van der Waals surface area contributed by atoms with E-state index in [9.17, 15) is 4.79 Å². The first-order chi connectivity index (χ1) is 9.97. The van der Waals surface area contributed by atoms with E-state index in [0.29, 0.717) is 30.7 Å². The molecule has 0 radical (unpaired) electrons. The van der Waals surface area contributed by atoms with Gasteiger partial charge in [-0.1, -0.05) is 0 Å². The molecule has 1 aliphatic heterocycles. The largest absolute Gasteiger partial charge is 0.488 e. The molecule has 0 saturated carbocycles.